The van der Waals surface area contributed by atoms with E-state index in [1.54, 1.807) is 24.5 Å². The van der Waals surface area contributed by atoms with Gasteiger partial charge in [-0.15, -0.1) is 0 Å². The molecule has 0 fully saturated rings. The van der Waals surface area contributed by atoms with Crippen LogP contribution in [0, 0.1) is 5.82 Å². The first-order valence-corrected chi connectivity index (χ1v) is 4.76. The fraction of sp³-hybridized carbons (Fsp3) is 0.0833. The second-order valence-electron chi connectivity index (χ2n) is 3.32. The Kier molecular flexibility index (Phi) is 2.72. The number of nitrogens with zero attached hydrogens (tertiary/aromatic N) is 1. The van der Waals surface area contributed by atoms with Crippen LogP contribution >= 0.6 is 0 Å². The second kappa shape index (κ2) is 4.18. The highest BCUT2D eigenvalue weighted by atomic mass is 19.1. The summed E-state index contributed by atoms with van der Waals surface area (Å²) < 4.78 is 18.5. The number of pyridine rings is 1. The summed E-state index contributed by atoms with van der Waals surface area (Å²) >= 11 is 0. The monoisotopic (exact) mass is 218 g/mol. The normalized spacial score (nSPS) is 10.1. The molecule has 0 aliphatic rings. The molecule has 0 aliphatic heterocycles. The van der Waals surface area contributed by atoms with Crippen LogP contribution in [0.1, 0.15) is 0 Å². The van der Waals surface area contributed by atoms with Gasteiger partial charge >= 0.3 is 0 Å². The topological polar surface area (TPSA) is 48.1 Å². The number of benzene rings is 1. The van der Waals surface area contributed by atoms with Crippen molar-refractivity contribution in [2.45, 2.75) is 0 Å². The average Bonchev–Trinajstić information content (AvgIpc) is 2.33. The SMILES string of the molecule is COc1cc(-c2cccnc2)cc(F)c1N. The zero-order valence-corrected chi connectivity index (χ0v) is 8.77. The van der Waals surface area contributed by atoms with Crippen LogP contribution in [0.2, 0.25) is 0 Å². The van der Waals surface area contributed by atoms with Crippen molar-refractivity contribution in [3.05, 3.63) is 42.5 Å². The van der Waals surface area contributed by atoms with Gasteiger partial charge in [-0.2, -0.15) is 0 Å². The minimum absolute atomic E-state index is 0.0233. The van der Waals surface area contributed by atoms with Gasteiger partial charge in [-0.05, 0) is 23.8 Å². The molecule has 16 heavy (non-hydrogen) atoms. The Labute approximate surface area is 92.7 Å². The molecular formula is C12H11FN2O. The second-order valence-corrected chi connectivity index (χ2v) is 3.32. The van der Waals surface area contributed by atoms with Crippen molar-refractivity contribution in [3.8, 4) is 16.9 Å². The molecule has 0 atom stereocenters. The molecule has 0 saturated heterocycles. The van der Waals surface area contributed by atoms with Crippen molar-refractivity contribution in [2.75, 3.05) is 12.8 Å². The number of halogens is 1. The summed E-state index contributed by atoms with van der Waals surface area (Å²) in [6.45, 7) is 0. The number of hydrogen-bond donors (Lipinski definition) is 1. The largest absolute Gasteiger partial charge is 0.494 e. The molecule has 0 radical (unpaired) electrons. The Bertz CT molecular complexity index is 500. The van der Waals surface area contributed by atoms with Crippen LogP contribution in [-0.4, -0.2) is 12.1 Å². The first kappa shape index (κ1) is 10.4. The summed E-state index contributed by atoms with van der Waals surface area (Å²) in [7, 11) is 1.46. The highest BCUT2D eigenvalue weighted by molar-refractivity contribution is 5.69. The molecule has 1 aromatic heterocycles. The van der Waals surface area contributed by atoms with Gasteiger partial charge < -0.3 is 10.5 Å². The van der Waals surface area contributed by atoms with Gasteiger partial charge in [0.15, 0.2) is 5.82 Å². The molecule has 2 N–H and O–H groups in total. The van der Waals surface area contributed by atoms with E-state index in [9.17, 15) is 4.39 Å². The zero-order valence-electron chi connectivity index (χ0n) is 8.77. The van der Waals surface area contributed by atoms with Crippen molar-refractivity contribution in [2.24, 2.45) is 0 Å². The number of hydrogen-bond acceptors (Lipinski definition) is 3. The van der Waals surface area contributed by atoms with Gasteiger partial charge in [0, 0.05) is 18.0 Å². The summed E-state index contributed by atoms with van der Waals surface area (Å²) in [5.41, 5.74) is 7.06. The standard InChI is InChI=1S/C12H11FN2O/c1-16-11-6-9(5-10(13)12(11)14)8-3-2-4-15-7-8/h2-7H,14H2,1H3. The molecular weight excluding hydrogens is 207 g/mol. The Hall–Kier alpha value is -2.10. The Morgan fingerprint density at radius 3 is 2.75 bits per heavy atom. The molecule has 0 amide bonds. The van der Waals surface area contributed by atoms with Gasteiger partial charge in [-0.25, -0.2) is 4.39 Å². The molecule has 1 heterocycles. The molecule has 0 spiro atoms. The fourth-order valence-corrected chi connectivity index (χ4v) is 1.46. The average molecular weight is 218 g/mol. The third-order valence-electron chi connectivity index (χ3n) is 2.31. The first-order chi connectivity index (χ1) is 7.72. The highest BCUT2D eigenvalue weighted by Crippen LogP contribution is 2.30. The molecule has 0 saturated carbocycles. The minimum Gasteiger partial charge on any atom is -0.494 e. The molecule has 2 rings (SSSR count). The summed E-state index contributed by atoms with van der Waals surface area (Å²) in [6.07, 6.45) is 3.32. The van der Waals surface area contributed by atoms with Gasteiger partial charge in [-0.3, -0.25) is 4.98 Å². The maximum Gasteiger partial charge on any atom is 0.150 e. The van der Waals surface area contributed by atoms with Crippen molar-refractivity contribution < 1.29 is 9.13 Å². The number of aromatic nitrogens is 1. The summed E-state index contributed by atoms with van der Waals surface area (Å²) in [6, 6.07) is 6.69. The summed E-state index contributed by atoms with van der Waals surface area (Å²) in [5, 5.41) is 0. The first-order valence-electron chi connectivity index (χ1n) is 4.76. The number of rotatable bonds is 2. The Morgan fingerprint density at radius 1 is 1.31 bits per heavy atom. The van der Waals surface area contributed by atoms with Crippen LogP contribution < -0.4 is 10.5 Å². The number of ether oxygens (including phenoxy) is 1. The van der Waals surface area contributed by atoms with E-state index in [4.69, 9.17) is 10.5 Å². The van der Waals surface area contributed by atoms with E-state index in [1.807, 2.05) is 6.07 Å². The van der Waals surface area contributed by atoms with Crippen molar-refractivity contribution in [1.29, 1.82) is 0 Å². The van der Waals surface area contributed by atoms with Crippen LogP contribution in [0.4, 0.5) is 10.1 Å². The molecule has 1 aromatic carbocycles. The molecule has 0 bridgehead atoms. The van der Waals surface area contributed by atoms with E-state index in [1.165, 1.54) is 13.2 Å². The Balaban J connectivity index is 2.55. The summed E-state index contributed by atoms with van der Waals surface area (Å²) in [4.78, 5) is 3.97. The lowest BCUT2D eigenvalue weighted by atomic mass is 10.1. The number of nitrogen functional groups attached to an aromatic ring is 1. The van der Waals surface area contributed by atoms with Crippen molar-refractivity contribution in [3.63, 3.8) is 0 Å². The van der Waals surface area contributed by atoms with E-state index in [2.05, 4.69) is 4.98 Å². The molecule has 0 unspecified atom stereocenters. The molecule has 4 heteroatoms. The predicted molar refractivity (Wildman–Crippen MR) is 60.6 cm³/mol. The van der Waals surface area contributed by atoms with Crippen LogP contribution in [0.15, 0.2) is 36.7 Å². The van der Waals surface area contributed by atoms with E-state index in [0.29, 0.717) is 11.3 Å². The van der Waals surface area contributed by atoms with Gasteiger partial charge in [-0.1, -0.05) is 6.07 Å². The van der Waals surface area contributed by atoms with Crippen LogP contribution in [0.5, 0.6) is 5.75 Å². The van der Waals surface area contributed by atoms with E-state index in [-0.39, 0.29) is 5.69 Å². The lowest BCUT2D eigenvalue weighted by molar-refractivity contribution is 0.414. The van der Waals surface area contributed by atoms with Gasteiger partial charge in [0.05, 0.1) is 7.11 Å². The van der Waals surface area contributed by atoms with E-state index >= 15 is 0 Å². The number of anilines is 1. The number of methoxy groups -OCH3 is 1. The third-order valence-corrected chi connectivity index (χ3v) is 2.31. The molecule has 0 aliphatic carbocycles. The van der Waals surface area contributed by atoms with E-state index in [0.717, 1.165) is 5.56 Å². The fourth-order valence-electron chi connectivity index (χ4n) is 1.46. The van der Waals surface area contributed by atoms with Gasteiger partial charge in [0.2, 0.25) is 0 Å². The maximum absolute atomic E-state index is 13.5. The van der Waals surface area contributed by atoms with E-state index < -0.39 is 5.82 Å². The minimum atomic E-state index is -0.488. The summed E-state index contributed by atoms with van der Waals surface area (Å²) in [5.74, 6) is -0.156. The third kappa shape index (κ3) is 1.82. The van der Waals surface area contributed by atoms with Crippen LogP contribution in [0.25, 0.3) is 11.1 Å². The quantitative estimate of drug-likeness (QED) is 0.788. The molecule has 3 nitrogen and oxygen atoms in total. The van der Waals surface area contributed by atoms with Gasteiger partial charge in [0.25, 0.3) is 0 Å². The Morgan fingerprint density at radius 2 is 2.12 bits per heavy atom. The maximum atomic E-state index is 13.5. The smallest absolute Gasteiger partial charge is 0.150 e. The highest BCUT2D eigenvalue weighted by Gasteiger charge is 2.09. The number of nitrogens with two attached hydrogens (primary N) is 1. The predicted octanol–water partition coefficient (Wildman–Crippen LogP) is 2.48. The van der Waals surface area contributed by atoms with Crippen LogP contribution in [0.3, 0.4) is 0 Å². The molecule has 82 valence electrons. The lowest BCUT2D eigenvalue weighted by Gasteiger charge is -2.08. The molecule has 2 aromatic rings. The van der Waals surface area contributed by atoms with Crippen molar-refractivity contribution >= 4 is 5.69 Å². The lowest BCUT2D eigenvalue weighted by Crippen LogP contribution is -1.96. The van der Waals surface area contributed by atoms with Crippen LogP contribution in [-0.2, 0) is 0 Å². The van der Waals surface area contributed by atoms with Gasteiger partial charge in [0.1, 0.15) is 11.4 Å². The zero-order chi connectivity index (χ0) is 11.5. The van der Waals surface area contributed by atoms with Crippen molar-refractivity contribution in [1.82, 2.24) is 4.98 Å².